The predicted molar refractivity (Wildman–Crippen MR) is 147 cm³/mol. The van der Waals surface area contributed by atoms with Crippen LogP contribution in [0.15, 0.2) is 64.2 Å². The number of aliphatic hydroxyl groups is 1. The van der Waals surface area contributed by atoms with Crippen LogP contribution >= 0.6 is 0 Å². The van der Waals surface area contributed by atoms with Crippen LogP contribution in [0, 0.1) is 6.92 Å². The average molecular weight is 519 g/mol. The Balaban J connectivity index is 1.41. The molecule has 4 aromatic rings. The summed E-state index contributed by atoms with van der Waals surface area (Å²) in [5.41, 5.74) is 2.07. The molecule has 0 aliphatic carbocycles. The number of hydrogen-bond acceptors (Lipinski definition) is 7. The number of nitrogens with zero attached hydrogens (tertiary/aromatic N) is 6. The van der Waals surface area contributed by atoms with Gasteiger partial charge < -0.3 is 19.3 Å². The maximum atomic E-state index is 13.2. The highest BCUT2D eigenvalue weighted by molar-refractivity contribution is 5.74. The first kappa shape index (κ1) is 25.7. The van der Waals surface area contributed by atoms with Crippen molar-refractivity contribution >= 4 is 17.1 Å². The van der Waals surface area contributed by atoms with Crippen LogP contribution in [0.25, 0.3) is 11.2 Å². The number of piperazine rings is 1. The topological polar surface area (TPSA) is 97.8 Å². The van der Waals surface area contributed by atoms with Gasteiger partial charge in [-0.1, -0.05) is 42.5 Å². The first-order valence-electron chi connectivity index (χ1n) is 12.9. The molecule has 200 valence electrons. The third-order valence-corrected chi connectivity index (χ3v) is 7.06. The highest BCUT2D eigenvalue weighted by atomic mass is 16.5. The van der Waals surface area contributed by atoms with Crippen LogP contribution in [0.5, 0.6) is 5.75 Å². The molecular weight excluding hydrogens is 484 g/mol. The Morgan fingerprint density at radius 1 is 0.974 bits per heavy atom. The lowest BCUT2D eigenvalue weighted by atomic mass is 10.2. The van der Waals surface area contributed by atoms with Crippen LogP contribution in [-0.4, -0.2) is 67.6 Å². The molecule has 1 saturated heterocycles. The lowest BCUT2D eigenvalue weighted by Gasteiger charge is -2.35. The van der Waals surface area contributed by atoms with Gasteiger partial charge in [0.15, 0.2) is 11.2 Å². The molecule has 1 N–H and O–H groups in total. The van der Waals surface area contributed by atoms with E-state index < -0.39 is 17.4 Å². The minimum absolute atomic E-state index is 0.0551. The molecule has 1 aliphatic heterocycles. The van der Waals surface area contributed by atoms with Gasteiger partial charge in [-0.2, -0.15) is 4.98 Å². The summed E-state index contributed by atoms with van der Waals surface area (Å²) >= 11 is 0. The molecule has 2 aromatic heterocycles. The number of aliphatic hydroxyl groups excluding tert-OH is 1. The van der Waals surface area contributed by atoms with Crippen LogP contribution in [0.1, 0.15) is 11.1 Å². The van der Waals surface area contributed by atoms with Gasteiger partial charge in [0.2, 0.25) is 5.95 Å². The fourth-order valence-electron chi connectivity index (χ4n) is 4.96. The van der Waals surface area contributed by atoms with E-state index in [0.29, 0.717) is 36.0 Å². The number of fused-ring (bicyclic) bond motifs is 1. The van der Waals surface area contributed by atoms with E-state index in [0.717, 1.165) is 29.8 Å². The second-order valence-corrected chi connectivity index (χ2v) is 9.93. The third kappa shape index (κ3) is 5.23. The van der Waals surface area contributed by atoms with Crippen molar-refractivity contribution in [1.82, 2.24) is 23.6 Å². The van der Waals surface area contributed by atoms with Gasteiger partial charge in [-0.05, 0) is 30.2 Å². The Kier molecular flexibility index (Phi) is 7.35. The fourth-order valence-corrected chi connectivity index (χ4v) is 4.96. The number of benzene rings is 2. The normalized spacial score (nSPS) is 15.2. The van der Waals surface area contributed by atoms with E-state index in [1.807, 2.05) is 49.4 Å². The van der Waals surface area contributed by atoms with Crippen LogP contribution in [0.4, 0.5) is 5.95 Å². The zero-order valence-electron chi connectivity index (χ0n) is 22.1. The molecular formula is C28H34N6O4. The highest BCUT2D eigenvalue weighted by Gasteiger charge is 2.27. The van der Waals surface area contributed by atoms with E-state index in [4.69, 9.17) is 9.72 Å². The summed E-state index contributed by atoms with van der Waals surface area (Å²) in [6.45, 7) is 6.08. The quantitative estimate of drug-likeness (QED) is 0.378. The molecule has 2 aromatic carbocycles. The molecule has 10 nitrogen and oxygen atoms in total. The smallest absolute Gasteiger partial charge is 0.332 e. The molecule has 0 unspecified atom stereocenters. The van der Waals surface area contributed by atoms with Gasteiger partial charge >= 0.3 is 5.69 Å². The number of aryl methyl sites for hydroxylation is 2. The van der Waals surface area contributed by atoms with Crippen LogP contribution in [0.3, 0.4) is 0 Å². The average Bonchev–Trinajstić information content (AvgIpc) is 3.29. The van der Waals surface area contributed by atoms with Crippen molar-refractivity contribution in [1.29, 1.82) is 0 Å². The summed E-state index contributed by atoms with van der Waals surface area (Å²) in [5.74, 6) is 1.25. The lowest BCUT2D eigenvalue weighted by molar-refractivity contribution is 0.0934. The molecule has 5 rings (SSSR count). The molecule has 3 heterocycles. The van der Waals surface area contributed by atoms with Crippen molar-refractivity contribution in [2.24, 2.45) is 14.1 Å². The van der Waals surface area contributed by atoms with E-state index in [1.165, 1.54) is 17.2 Å². The van der Waals surface area contributed by atoms with Crippen LogP contribution < -0.4 is 20.9 Å². The second-order valence-electron chi connectivity index (χ2n) is 9.93. The van der Waals surface area contributed by atoms with E-state index in [9.17, 15) is 14.7 Å². The minimum atomic E-state index is -0.895. The number of hydrogen-bond donors (Lipinski definition) is 1. The maximum absolute atomic E-state index is 13.2. The van der Waals surface area contributed by atoms with Crippen molar-refractivity contribution in [3.8, 4) is 5.75 Å². The summed E-state index contributed by atoms with van der Waals surface area (Å²) in [6, 6.07) is 18.0. The van der Waals surface area contributed by atoms with Crippen molar-refractivity contribution in [3.05, 3.63) is 86.6 Å². The van der Waals surface area contributed by atoms with Gasteiger partial charge in [-0.25, -0.2) is 4.79 Å². The summed E-state index contributed by atoms with van der Waals surface area (Å²) in [5, 5.41) is 10.9. The number of rotatable bonds is 8. The van der Waals surface area contributed by atoms with Crippen molar-refractivity contribution in [3.63, 3.8) is 0 Å². The standard InChI is InChI=1S/C28H34N6O4/c1-20-8-7-11-23(16-20)38-19-22(35)18-34-24-25(30(2)28(37)31(3)26(24)36)29-27(34)33-14-12-32(13-15-33)17-21-9-5-4-6-10-21/h4-11,16,22,35H,12-15,17-19H2,1-3H3/t22-/m1/s1. The summed E-state index contributed by atoms with van der Waals surface area (Å²) < 4.78 is 10.0. The molecule has 38 heavy (non-hydrogen) atoms. The van der Waals surface area contributed by atoms with E-state index in [2.05, 4.69) is 21.9 Å². The van der Waals surface area contributed by atoms with Gasteiger partial charge in [0.1, 0.15) is 18.5 Å². The Morgan fingerprint density at radius 3 is 2.42 bits per heavy atom. The predicted octanol–water partition coefficient (Wildman–Crippen LogP) is 1.50. The molecule has 10 heteroatoms. The van der Waals surface area contributed by atoms with Gasteiger partial charge in [-0.15, -0.1) is 0 Å². The van der Waals surface area contributed by atoms with Gasteiger partial charge in [0.05, 0.1) is 6.54 Å². The van der Waals surface area contributed by atoms with Crippen LogP contribution in [0.2, 0.25) is 0 Å². The Bertz CT molecular complexity index is 1530. The fraction of sp³-hybridized carbons (Fsp3) is 0.393. The van der Waals surface area contributed by atoms with Crippen molar-refractivity contribution in [2.45, 2.75) is 26.1 Å². The van der Waals surface area contributed by atoms with E-state index in [1.54, 1.807) is 11.6 Å². The summed E-state index contributed by atoms with van der Waals surface area (Å²) in [7, 11) is 3.07. The zero-order chi connectivity index (χ0) is 26.8. The monoisotopic (exact) mass is 518 g/mol. The number of aromatic nitrogens is 4. The lowest BCUT2D eigenvalue weighted by Crippen LogP contribution is -2.47. The highest BCUT2D eigenvalue weighted by Crippen LogP contribution is 2.22. The second kappa shape index (κ2) is 10.8. The molecule has 0 bridgehead atoms. The minimum Gasteiger partial charge on any atom is -0.491 e. The molecule has 0 amide bonds. The first-order chi connectivity index (χ1) is 18.3. The largest absolute Gasteiger partial charge is 0.491 e. The third-order valence-electron chi connectivity index (χ3n) is 7.06. The van der Waals surface area contributed by atoms with E-state index >= 15 is 0 Å². The van der Waals surface area contributed by atoms with Crippen LogP contribution in [-0.2, 0) is 27.2 Å². The molecule has 0 saturated carbocycles. The molecule has 1 fully saturated rings. The maximum Gasteiger partial charge on any atom is 0.332 e. The van der Waals surface area contributed by atoms with Gasteiger partial charge in [0.25, 0.3) is 5.56 Å². The molecule has 1 atom stereocenters. The van der Waals surface area contributed by atoms with E-state index in [-0.39, 0.29) is 13.2 Å². The summed E-state index contributed by atoms with van der Waals surface area (Å²) in [6.07, 6.45) is -0.895. The molecule has 0 spiro atoms. The molecule has 0 radical (unpaired) electrons. The number of anilines is 1. The molecule has 1 aliphatic rings. The SMILES string of the molecule is Cc1cccc(OC[C@H](O)Cn2c(N3CCN(Cc4ccccc4)CC3)nc3c2c(=O)n(C)c(=O)n3C)c1. The van der Waals surface area contributed by atoms with Gasteiger partial charge in [0, 0.05) is 46.8 Å². The Hall–Kier alpha value is -3.89. The van der Waals surface area contributed by atoms with Crippen molar-refractivity contribution < 1.29 is 9.84 Å². The number of imidazole rings is 1. The van der Waals surface area contributed by atoms with Crippen molar-refractivity contribution in [2.75, 3.05) is 37.7 Å². The Labute approximate surface area is 220 Å². The zero-order valence-corrected chi connectivity index (χ0v) is 22.1. The first-order valence-corrected chi connectivity index (χ1v) is 12.9. The number of ether oxygens (including phenoxy) is 1. The van der Waals surface area contributed by atoms with Gasteiger partial charge in [-0.3, -0.25) is 18.8 Å². The summed E-state index contributed by atoms with van der Waals surface area (Å²) in [4.78, 5) is 35.1. The Morgan fingerprint density at radius 2 is 1.71 bits per heavy atom.